The summed E-state index contributed by atoms with van der Waals surface area (Å²) in [5.41, 5.74) is 0. The SMILES string of the molecule is C=CO/C(=C\CCCC)C(=O)O. The number of hydrogen-bond donors (Lipinski definition) is 1. The van der Waals surface area contributed by atoms with Crippen LogP contribution in [0.3, 0.4) is 0 Å². The van der Waals surface area contributed by atoms with Crippen molar-refractivity contribution in [2.45, 2.75) is 26.2 Å². The lowest BCUT2D eigenvalue weighted by molar-refractivity contribution is -0.135. The second kappa shape index (κ2) is 6.46. The van der Waals surface area contributed by atoms with Crippen LogP contribution in [-0.2, 0) is 9.53 Å². The van der Waals surface area contributed by atoms with Crippen LogP contribution in [0.5, 0.6) is 0 Å². The summed E-state index contributed by atoms with van der Waals surface area (Å²) in [5.74, 6) is -1.09. The first kappa shape index (κ1) is 10.8. The van der Waals surface area contributed by atoms with E-state index in [-0.39, 0.29) is 5.76 Å². The molecule has 0 fully saturated rings. The van der Waals surface area contributed by atoms with Crippen LogP contribution >= 0.6 is 0 Å². The molecular formula is C9H14O3. The third-order valence-corrected chi connectivity index (χ3v) is 1.31. The number of aliphatic carboxylic acids is 1. The third kappa shape index (κ3) is 4.55. The Kier molecular flexibility index (Phi) is 5.79. The van der Waals surface area contributed by atoms with Crippen LogP contribution in [0.25, 0.3) is 0 Å². The van der Waals surface area contributed by atoms with E-state index in [0.29, 0.717) is 0 Å². The maximum atomic E-state index is 10.4. The molecule has 0 aliphatic carbocycles. The van der Waals surface area contributed by atoms with Gasteiger partial charge in [0.15, 0.2) is 0 Å². The van der Waals surface area contributed by atoms with E-state index in [2.05, 4.69) is 11.3 Å². The Balaban J connectivity index is 3.99. The minimum absolute atomic E-state index is 0.0431. The summed E-state index contributed by atoms with van der Waals surface area (Å²) in [6.07, 6.45) is 5.42. The van der Waals surface area contributed by atoms with Gasteiger partial charge in [0.1, 0.15) is 0 Å². The summed E-state index contributed by atoms with van der Waals surface area (Å²) in [4.78, 5) is 10.4. The molecule has 3 heteroatoms. The molecule has 0 heterocycles. The van der Waals surface area contributed by atoms with Crippen molar-refractivity contribution in [1.82, 2.24) is 0 Å². The molecule has 0 aromatic heterocycles. The second-order valence-corrected chi connectivity index (χ2v) is 2.30. The number of allylic oxidation sites excluding steroid dienone is 1. The Labute approximate surface area is 72.3 Å². The van der Waals surface area contributed by atoms with Gasteiger partial charge in [-0.2, -0.15) is 0 Å². The number of carboxylic acids is 1. The van der Waals surface area contributed by atoms with Crippen LogP contribution in [0.2, 0.25) is 0 Å². The summed E-state index contributed by atoms with van der Waals surface area (Å²) in [6, 6.07) is 0. The molecule has 12 heavy (non-hydrogen) atoms. The van der Waals surface area contributed by atoms with Gasteiger partial charge in [-0.3, -0.25) is 0 Å². The maximum absolute atomic E-state index is 10.4. The molecule has 0 aliphatic heterocycles. The first-order chi connectivity index (χ1) is 5.72. The quantitative estimate of drug-likeness (QED) is 0.378. The van der Waals surface area contributed by atoms with Crippen molar-refractivity contribution in [3.8, 4) is 0 Å². The molecule has 0 bridgehead atoms. The van der Waals surface area contributed by atoms with Crippen molar-refractivity contribution in [2.75, 3.05) is 0 Å². The van der Waals surface area contributed by atoms with E-state index < -0.39 is 5.97 Å². The molecule has 0 saturated heterocycles. The van der Waals surface area contributed by atoms with Gasteiger partial charge in [0, 0.05) is 0 Å². The highest BCUT2D eigenvalue weighted by Gasteiger charge is 2.05. The standard InChI is InChI=1S/C9H14O3/c1-3-5-6-7-8(9(10)11)12-4-2/h4,7H,2-3,5-6H2,1H3,(H,10,11)/b8-7-. The fraction of sp³-hybridized carbons (Fsp3) is 0.444. The number of unbranched alkanes of at least 4 members (excludes halogenated alkanes) is 2. The summed E-state index contributed by atoms with van der Waals surface area (Å²) >= 11 is 0. The van der Waals surface area contributed by atoms with Gasteiger partial charge in [-0.1, -0.05) is 19.9 Å². The number of rotatable bonds is 6. The van der Waals surface area contributed by atoms with E-state index in [4.69, 9.17) is 5.11 Å². The fourth-order valence-electron chi connectivity index (χ4n) is 0.713. The molecule has 0 unspecified atom stereocenters. The van der Waals surface area contributed by atoms with Crippen molar-refractivity contribution in [3.05, 3.63) is 24.7 Å². The smallest absolute Gasteiger partial charge is 0.371 e. The van der Waals surface area contributed by atoms with Crippen LogP contribution in [-0.4, -0.2) is 11.1 Å². The molecule has 0 rings (SSSR count). The molecule has 0 aromatic rings. The topological polar surface area (TPSA) is 46.5 Å². The number of carbonyl (C=O) groups is 1. The van der Waals surface area contributed by atoms with Gasteiger partial charge < -0.3 is 9.84 Å². The predicted molar refractivity (Wildman–Crippen MR) is 46.5 cm³/mol. The maximum Gasteiger partial charge on any atom is 0.371 e. The summed E-state index contributed by atoms with van der Waals surface area (Å²) in [6.45, 7) is 5.33. The molecule has 0 atom stereocenters. The lowest BCUT2D eigenvalue weighted by Gasteiger charge is -1.99. The average Bonchev–Trinajstić information content (AvgIpc) is 2.03. The van der Waals surface area contributed by atoms with Gasteiger partial charge in [0.25, 0.3) is 0 Å². The molecule has 3 nitrogen and oxygen atoms in total. The van der Waals surface area contributed by atoms with Crippen molar-refractivity contribution >= 4 is 5.97 Å². The molecule has 0 saturated carbocycles. The highest BCUT2D eigenvalue weighted by Crippen LogP contribution is 2.03. The normalized spacial score (nSPS) is 10.9. The Hall–Kier alpha value is -1.25. The van der Waals surface area contributed by atoms with Crippen LogP contribution in [0.15, 0.2) is 24.7 Å². The zero-order valence-corrected chi connectivity index (χ0v) is 7.25. The molecule has 0 aliphatic rings. The zero-order valence-electron chi connectivity index (χ0n) is 7.25. The Morgan fingerprint density at radius 3 is 2.75 bits per heavy atom. The minimum atomic E-state index is -1.05. The van der Waals surface area contributed by atoms with E-state index in [1.54, 1.807) is 6.08 Å². The molecule has 0 amide bonds. The predicted octanol–water partition coefficient (Wildman–Crippen LogP) is 2.31. The van der Waals surface area contributed by atoms with E-state index in [0.717, 1.165) is 25.5 Å². The van der Waals surface area contributed by atoms with Crippen LogP contribution < -0.4 is 0 Å². The molecule has 68 valence electrons. The van der Waals surface area contributed by atoms with Gasteiger partial charge >= 0.3 is 5.97 Å². The van der Waals surface area contributed by atoms with E-state index in [9.17, 15) is 4.79 Å². The van der Waals surface area contributed by atoms with Gasteiger partial charge in [-0.25, -0.2) is 4.79 Å². The zero-order chi connectivity index (χ0) is 9.40. The first-order valence-corrected chi connectivity index (χ1v) is 3.93. The Morgan fingerprint density at radius 2 is 2.33 bits per heavy atom. The number of ether oxygens (including phenoxy) is 1. The van der Waals surface area contributed by atoms with Crippen LogP contribution in [0, 0.1) is 0 Å². The van der Waals surface area contributed by atoms with E-state index in [1.807, 2.05) is 6.92 Å². The van der Waals surface area contributed by atoms with Crippen LogP contribution in [0.4, 0.5) is 0 Å². The molecule has 0 spiro atoms. The van der Waals surface area contributed by atoms with Crippen molar-refractivity contribution in [1.29, 1.82) is 0 Å². The largest absolute Gasteiger partial charge is 0.475 e. The van der Waals surface area contributed by atoms with Crippen LogP contribution in [0.1, 0.15) is 26.2 Å². The van der Waals surface area contributed by atoms with E-state index >= 15 is 0 Å². The molecule has 0 radical (unpaired) electrons. The van der Waals surface area contributed by atoms with Crippen molar-refractivity contribution in [2.24, 2.45) is 0 Å². The highest BCUT2D eigenvalue weighted by atomic mass is 16.5. The summed E-state index contributed by atoms with van der Waals surface area (Å²) in [7, 11) is 0. The van der Waals surface area contributed by atoms with Gasteiger partial charge in [-0.15, -0.1) is 0 Å². The summed E-state index contributed by atoms with van der Waals surface area (Å²) in [5, 5.41) is 8.56. The highest BCUT2D eigenvalue weighted by molar-refractivity contribution is 5.84. The van der Waals surface area contributed by atoms with Gasteiger partial charge in [0.05, 0.1) is 6.26 Å². The molecular weight excluding hydrogens is 156 g/mol. The van der Waals surface area contributed by atoms with Crippen molar-refractivity contribution in [3.63, 3.8) is 0 Å². The average molecular weight is 170 g/mol. The monoisotopic (exact) mass is 170 g/mol. The van der Waals surface area contributed by atoms with Crippen molar-refractivity contribution < 1.29 is 14.6 Å². The van der Waals surface area contributed by atoms with Gasteiger partial charge in [-0.05, 0) is 18.9 Å². The molecule has 1 N–H and O–H groups in total. The fourth-order valence-corrected chi connectivity index (χ4v) is 0.713. The number of carboxylic acid groups (broad SMARTS) is 1. The lowest BCUT2D eigenvalue weighted by atomic mass is 10.2. The third-order valence-electron chi connectivity index (χ3n) is 1.31. The lowest BCUT2D eigenvalue weighted by Crippen LogP contribution is -2.01. The second-order valence-electron chi connectivity index (χ2n) is 2.30. The molecule has 0 aromatic carbocycles. The summed E-state index contributed by atoms with van der Waals surface area (Å²) < 4.78 is 4.68. The first-order valence-electron chi connectivity index (χ1n) is 3.93. The van der Waals surface area contributed by atoms with Gasteiger partial charge in [0.2, 0.25) is 5.76 Å². The number of hydrogen-bond acceptors (Lipinski definition) is 2. The Morgan fingerprint density at radius 1 is 1.67 bits per heavy atom. The Bertz CT molecular complexity index is 182. The minimum Gasteiger partial charge on any atom is -0.475 e. The van der Waals surface area contributed by atoms with E-state index in [1.165, 1.54) is 0 Å².